The topological polar surface area (TPSA) is 67.8 Å². The molecule has 30 heavy (non-hydrogen) atoms. The van der Waals surface area contributed by atoms with E-state index in [1.54, 1.807) is 48.1 Å². The van der Waals surface area contributed by atoms with Gasteiger partial charge in [-0.3, -0.25) is 4.79 Å². The molecule has 2 aromatic heterocycles. The van der Waals surface area contributed by atoms with Gasteiger partial charge in [-0.05, 0) is 47.9 Å². The summed E-state index contributed by atoms with van der Waals surface area (Å²) in [6.07, 6.45) is 3.50. The number of carbonyl (C=O) groups is 1. The fraction of sp³-hybridized carbons (Fsp3) is 0.0909. The molecule has 0 radical (unpaired) electrons. The number of hydrogen-bond acceptors (Lipinski definition) is 5. The van der Waals surface area contributed by atoms with Crippen LogP contribution in [0.25, 0.3) is 10.8 Å². The number of aromatic nitrogens is 3. The van der Waals surface area contributed by atoms with Crippen LogP contribution < -0.4 is 5.32 Å². The summed E-state index contributed by atoms with van der Waals surface area (Å²) in [6.45, 7) is 0. The third-order valence-electron chi connectivity index (χ3n) is 4.38. The number of carbonyl (C=O) groups excluding carboxylic acids is 1. The van der Waals surface area contributed by atoms with Crippen molar-refractivity contribution in [1.29, 1.82) is 0 Å². The van der Waals surface area contributed by atoms with Gasteiger partial charge in [0, 0.05) is 17.8 Å². The highest BCUT2D eigenvalue weighted by atomic mass is 32.1. The zero-order valence-electron chi connectivity index (χ0n) is 15.6. The molecule has 1 N–H and O–H groups in total. The smallest absolute Gasteiger partial charge is 0.271 e. The Morgan fingerprint density at radius 3 is 2.47 bits per heavy atom. The molecular weight excluding hydrogens is 406 g/mol. The normalized spacial score (nSPS) is 11.8. The van der Waals surface area contributed by atoms with Crippen LogP contribution >= 0.6 is 11.3 Å². The molecule has 8 heteroatoms. The number of rotatable bonds is 6. The minimum Gasteiger partial charge on any atom is -0.344 e. The number of halogens is 2. The number of thiazole rings is 1. The van der Waals surface area contributed by atoms with Crippen molar-refractivity contribution in [2.45, 2.75) is 12.5 Å². The molecule has 4 rings (SSSR count). The Hall–Kier alpha value is -3.52. The zero-order valence-corrected chi connectivity index (χ0v) is 16.4. The van der Waals surface area contributed by atoms with Crippen LogP contribution in [-0.4, -0.2) is 20.9 Å². The largest absolute Gasteiger partial charge is 0.344 e. The first-order valence-electron chi connectivity index (χ1n) is 9.12. The number of amides is 1. The fourth-order valence-electron chi connectivity index (χ4n) is 3.00. The highest BCUT2D eigenvalue weighted by Gasteiger charge is 2.20. The van der Waals surface area contributed by atoms with Gasteiger partial charge < -0.3 is 5.32 Å². The Kier molecular flexibility index (Phi) is 5.85. The Balaban J connectivity index is 1.58. The lowest BCUT2D eigenvalue weighted by Crippen LogP contribution is -2.30. The molecule has 0 saturated heterocycles. The monoisotopic (exact) mass is 422 g/mol. The number of benzene rings is 2. The Morgan fingerprint density at radius 1 is 1.00 bits per heavy atom. The maximum absolute atomic E-state index is 13.8. The maximum Gasteiger partial charge on any atom is 0.271 e. The molecule has 0 fully saturated rings. The van der Waals surface area contributed by atoms with Crippen molar-refractivity contribution in [1.82, 2.24) is 20.3 Å². The lowest BCUT2D eigenvalue weighted by Gasteiger charge is -2.19. The van der Waals surface area contributed by atoms with Gasteiger partial charge in [-0.2, -0.15) is 0 Å². The van der Waals surface area contributed by atoms with Crippen LogP contribution in [0.5, 0.6) is 0 Å². The van der Waals surface area contributed by atoms with E-state index in [-0.39, 0.29) is 11.5 Å². The van der Waals surface area contributed by atoms with Gasteiger partial charge in [0.15, 0.2) is 10.8 Å². The van der Waals surface area contributed by atoms with Gasteiger partial charge in [-0.1, -0.05) is 24.3 Å². The van der Waals surface area contributed by atoms with Crippen molar-refractivity contribution in [2.24, 2.45) is 0 Å². The summed E-state index contributed by atoms with van der Waals surface area (Å²) in [4.78, 5) is 25.4. The van der Waals surface area contributed by atoms with Crippen molar-refractivity contribution in [3.8, 4) is 10.8 Å². The summed E-state index contributed by atoms with van der Waals surface area (Å²) < 4.78 is 27.4. The standard InChI is InChI=1S/C22H16F2N4OS/c23-16-6-1-4-14(10-16)11-18(15-5-2-7-17(24)12-15)27-21(29)19-13-30-22(28-19)20-25-8-3-9-26-20/h1-10,12-13,18H,11H2,(H,27,29). The van der Waals surface area contributed by atoms with Crippen molar-refractivity contribution in [3.05, 3.63) is 101 Å². The molecule has 0 aliphatic rings. The van der Waals surface area contributed by atoms with E-state index in [2.05, 4.69) is 20.3 Å². The minimum absolute atomic E-state index is 0.211. The van der Waals surface area contributed by atoms with E-state index in [1.165, 1.54) is 35.6 Å². The Morgan fingerprint density at radius 2 is 1.73 bits per heavy atom. The number of nitrogens with zero attached hydrogens (tertiary/aromatic N) is 3. The second kappa shape index (κ2) is 8.87. The predicted molar refractivity (Wildman–Crippen MR) is 110 cm³/mol. The van der Waals surface area contributed by atoms with Crippen LogP contribution in [0.3, 0.4) is 0 Å². The quantitative estimate of drug-likeness (QED) is 0.493. The first kappa shape index (κ1) is 19.8. The van der Waals surface area contributed by atoms with Crippen LogP contribution in [-0.2, 0) is 6.42 Å². The van der Waals surface area contributed by atoms with Gasteiger partial charge in [-0.15, -0.1) is 11.3 Å². The van der Waals surface area contributed by atoms with E-state index in [0.29, 0.717) is 28.4 Å². The summed E-state index contributed by atoms with van der Waals surface area (Å²) in [5.74, 6) is -0.769. The van der Waals surface area contributed by atoms with Crippen LogP contribution in [0.15, 0.2) is 72.4 Å². The van der Waals surface area contributed by atoms with Crippen molar-refractivity contribution < 1.29 is 13.6 Å². The first-order valence-corrected chi connectivity index (χ1v) is 10.00. The van der Waals surface area contributed by atoms with Crippen LogP contribution in [0.4, 0.5) is 8.78 Å². The summed E-state index contributed by atoms with van der Waals surface area (Å²) in [5, 5.41) is 5.02. The molecule has 1 unspecified atom stereocenters. The Bertz CT molecular complexity index is 1170. The van der Waals surface area contributed by atoms with E-state index < -0.39 is 17.8 Å². The second-order valence-electron chi connectivity index (χ2n) is 6.53. The van der Waals surface area contributed by atoms with Crippen molar-refractivity contribution in [3.63, 3.8) is 0 Å². The molecule has 1 atom stereocenters. The summed E-state index contributed by atoms with van der Waals surface area (Å²) in [6, 6.07) is 13.2. The van der Waals surface area contributed by atoms with E-state index in [1.807, 2.05) is 0 Å². The number of hydrogen-bond donors (Lipinski definition) is 1. The SMILES string of the molecule is O=C(NC(Cc1cccc(F)c1)c1cccc(F)c1)c1csc(-c2ncccn2)n1. The van der Waals surface area contributed by atoms with Gasteiger partial charge in [-0.25, -0.2) is 23.7 Å². The Labute approximate surface area is 175 Å². The van der Waals surface area contributed by atoms with Gasteiger partial charge in [0.05, 0.1) is 6.04 Å². The van der Waals surface area contributed by atoms with E-state index >= 15 is 0 Å². The second-order valence-corrected chi connectivity index (χ2v) is 7.38. The minimum atomic E-state index is -0.562. The zero-order chi connectivity index (χ0) is 20.9. The van der Waals surface area contributed by atoms with Crippen molar-refractivity contribution >= 4 is 17.2 Å². The first-order chi connectivity index (χ1) is 14.6. The lowest BCUT2D eigenvalue weighted by atomic mass is 9.98. The van der Waals surface area contributed by atoms with Crippen molar-refractivity contribution in [2.75, 3.05) is 0 Å². The molecule has 2 heterocycles. The molecule has 0 aliphatic heterocycles. The summed E-state index contributed by atoms with van der Waals surface area (Å²) in [5.41, 5.74) is 1.47. The van der Waals surface area contributed by atoms with E-state index in [0.717, 1.165) is 0 Å². The van der Waals surface area contributed by atoms with E-state index in [4.69, 9.17) is 0 Å². The maximum atomic E-state index is 13.8. The molecule has 150 valence electrons. The summed E-state index contributed by atoms with van der Waals surface area (Å²) >= 11 is 1.26. The van der Waals surface area contributed by atoms with Gasteiger partial charge >= 0.3 is 0 Å². The highest BCUT2D eigenvalue weighted by Crippen LogP contribution is 2.23. The molecule has 0 saturated carbocycles. The molecule has 2 aromatic carbocycles. The summed E-state index contributed by atoms with van der Waals surface area (Å²) in [7, 11) is 0. The molecule has 5 nitrogen and oxygen atoms in total. The molecule has 4 aromatic rings. The third-order valence-corrected chi connectivity index (χ3v) is 5.22. The highest BCUT2D eigenvalue weighted by molar-refractivity contribution is 7.13. The van der Waals surface area contributed by atoms with Crippen LogP contribution in [0.2, 0.25) is 0 Å². The van der Waals surface area contributed by atoms with Gasteiger partial charge in [0.25, 0.3) is 5.91 Å². The fourth-order valence-corrected chi connectivity index (χ4v) is 3.74. The van der Waals surface area contributed by atoms with E-state index in [9.17, 15) is 13.6 Å². The van der Waals surface area contributed by atoms with Gasteiger partial charge in [0.1, 0.15) is 17.3 Å². The molecule has 0 aliphatic carbocycles. The van der Waals surface area contributed by atoms with Gasteiger partial charge in [0.2, 0.25) is 0 Å². The predicted octanol–water partition coefficient (Wildman–Crippen LogP) is 4.59. The molecule has 0 bridgehead atoms. The lowest BCUT2D eigenvalue weighted by molar-refractivity contribution is 0.0932. The average Bonchev–Trinajstić information content (AvgIpc) is 3.24. The molecule has 1 amide bonds. The average molecular weight is 422 g/mol. The van der Waals surface area contributed by atoms with Crippen LogP contribution in [0.1, 0.15) is 27.7 Å². The van der Waals surface area contributed by atoms with Crippen LogP contribution in [0, 0.1) is 11.6 Å². The molecular formula is C22H16F2N4OS. The number of nitrogens with one attached hydrogen (secondary N) is 1. The molecule has 0 spiro atoms. The third kappa shape index (κ3) is 4.72.